The molecule has 134 valence electrons. The summed E-state index contributed by atoms with van der Waals surface area (Å²) in [6.45, 7) is 2.12. The topological polar surface area (TPSA) is 76.8 Å². The van der Waals surface area contributed by atoms with E-state index in [-0.39, 0.29) is 35.2 Å². The van der Waals surface area contributed by atoms with Gasteiger partial charge in [-0.15, -0.1) is 0 Å². The summed E-state index contributed by atoms with van der Waals surface area (Å²) in [6.07, 6.45) is 3.85. The third kappa shape index (κ3) is 2.81. The number of furan rings is 1. The van der Waals surface area contributed by atoms with Gasteiger partial charge in [0.1, 0.15) is 5.75 Å². The Labute approximate surface area is 150 Å². The Morgan fingerprint density at radius 2 is 1.92 bits per heavy atom. The first kappa shape index (κ1) is 16.6. The summed E-state index contributed by atoms with van der Waals surface area (Å²) in [4.78, 5) is 38.8. The standard InChI is InChI=1S/C20H19NO5/c1-12-7-8-15-16(10-12)19(23)21(18(15)22)13-4-2-5-14(11-13)26-20(24)17-6-3-9-25-17/h2-6,9,11-12,15-16H,7-8,10H2,1H3/t12-,15-,16-/m1/s1. The highest BCUT2D eigenvalue weighted by molar-refractivity contribution is 6.22. The third-order valence-electron chi connectivity index (χ3n) is 5.20. The molecule has 6 heteroatoms. The number of ether oxygens (including phenoxy) is 1. The lowest BCUT2D eigenvalue weighted by molar-refractivity contribution is -0.122. The van der Waals surface area contributed by atoms with Crippen molar-refractivity contribution in [3.8, 4) is 5.75 Å². The van der Waals surface area contributed by atoms with Crippen LogP contribution in [-0.4, -0.2) is 17.8 Å². The van der Waals surface area contributed by atoms with E-state index in [1.54, 1.807) is 24.3 Å². The number of anilines is 1. The Bertz CT molecular complexity index is 857. The molecule has 3 atom stereocenters. The minimum atomic E-state index is -0.631. The molecule has 4 rings (SSSR count). The molecule has 2 fully saturated rings. The van der Waals surface area contributed by atoms with Crippen LogP contribution < -0.4 is 9.64 Å². The van der Waals surface area contributed by atoms with Crippen LogP contribution in [0.4, 0.5) is 5.69 Å². The minimum absolute atomic E-state index is 0.0868. The number of nitrogens with zero attached hydrogens (tertiary/aromatic N) is 1. The highest BCUT2D eigenvalue weighted by Gasteiger charge is 2.50. The van der Waals surface area contributed by atoms with Crippen molar-refractivity contribution in [3.63, 3.8) is 0 Å². The Morgan fingerprint density at radius 3 is 2.69 bits per heavy atom. The van der Waals surface area contributed by atoms with Crippen LogP contribution in [-0.2, 0) is 9.59 Å². The van der Waals surface area contributed by atoms with Crippen molar-refractivity contribution in [2.75, 3.05) is 4.90 Å². The lowest BCUT2D eigenvalue weighted by Crippen LogP contribution is -2.30. The van der Waals surface area contributed by atoms with E-state index in [0.717, 1.165) is 19.3 Å². The van der Waals surface area contributed by atoms with Crippen LogP contribution in [0.5, 0.6) is 5.75 Å². The molecule has 1 saturated heterocycles. The summed E-state index contributed by atoms with van der Waals surface area (Å²) in [5.41, 5.74) is 0.437. The highest BCUT2D eigenvalue weighted by atomic mass is 16.5. The zero-order valence-electron chi connectivity index (χ0n) is 14.4. The first-order valence-electron chi connectivity index (χ1n) is 8.78. The fourth-order valence-electron chi connectivity index (χ4n) is 3.88. The second kappa shape index (κ2) is 6.44. The lowest BCUT2D eigenvalue weighted by Gasteiger charge is -2.25. The Hall–Kier alpha value is -2.89. The van der Waals surface area contributed by atoms with Crippen molar-refractivity contribution in [2.24, 2.45) is 17.8 Å². The molecule has 1 saturated carbocycles. The van der Waals surface area contributed by atoms with Crippen LogP contribution in [0.25, 0.3) is 0 Å². The molecule has 1 aliphatic carbocycles. The second-order valence-electron chi connectivity index (χ2n) is 7.01. The maximum absolute atomic E-state index is 12.8. The quantitative estimate of drug-likeness (QED) is 0.480. The fourth-order valence-corrected chi connectivity index (χ4v) is 3.88. The van der Waals surface area contributed by atoms with Crippen LogP contribution in [0.2, 0.25) is 0 Å². The molecule has 0 spiro atoms. The monoisotopic (exact) mass is 353 g/mol. The summed E-state index contributed by atoms with van der Waals surface area (Å²) in [7, 11) is 0. The molecule has 6 nitrogen and oxygen atoms in total. The molecule has 0 N–H and O–H groups in total. The van der Waals surface area contributed by atoms with Crippen molar-refractivity contribution < 1.29 is 23.5 Å². The van der Waals surface area contributed by atoms with Gasteiger partial charge in [-0.2, -0.15) is 0 Å². The molecule has 1 aromatic heterocycles. The molecule has 2 heterocycles. The van der Waals surface area contributed by atoms with Crippen molar-refractivity contribution in [1.82, 2.24) is 0 Å². The van der Waals surface area contributed by atoms with E-state index in [1.807, 2.05) is 0 Å². The Balaban J connectivity index is 1.57. The molecule has 2 amide bonds. The fraction of sp³-hybridized carbons (Fsp3) is 0.350. The largest absolute Gasteiger partial charge is 0.457 e. The maximum atomic E-state index is 12.8. The summed E-state index contributed by atoms with van der Waals surface area (Å²) < 4.78 is 10.3. The van der Waals surface area contributed by atoms with E-state index in [1.165, 1.54) is 23.3 Å². The molecule has 2 aromatic rings. The maximum Gasteiger partial charge on any atom is 0.379 e. The van der Waals surface area contributed by atoms with Crippen molar-refractivity contribution in [2.45, 2.75) is 26.2 Å². The van der Waals surface area contributed by atoms with Crippen LogP contribution >= 0.6 is 0 Å². The number of carbonyl (C=O) groups excluding carboxylic acids is 3. The molecule has 0 unspecified atom stereocenters. The SMILES string of the molecule is C[C@@H]1CC[C@H]2C(=O)N(c3cccc(OC(=O)c4ccco4)c3)C(=O)[C@@H]2C1. The van der Waals surface area contributed by atoms with Gasteiger partial charge in [-0.05, 0) is 49.4 Å². The van der Waals surface area contributed by atoms with E-state index in [0.29, 0.717) is 11.6 Å². The summed E-state index contributed by atoms with van der Waals surface area (Å²) in [6, 6.07) is 9.58. The molecular weight excluding hydrogens is 334 g/mol. The summed E-state index contributed by atoms with van der Waals surface area (Å²) in [5, 5.41) is 0. The Kier molecular flexibility index (Phi) is 4.11. The van der Waals surface area contributed by atoms with Crippen LogP contribution in [0.15, 0.2) is 47.1 Å². The minimum Gasteiger partial charge on any atom is -0.457 e. The normalized spacial score (nSPS) is 25.3. The third-order valence-corrected chi connectivity index (χ3v) is 5.20. The van der Waals surface area contributed by atoms with Crippen LogP contribution in [0.1, 0.15) is 36.7 Å². The first-order chi connectivity index (χ1) is 12.5. The smallest absolute Gasteiger partial charge is 0.379 e. The average molecular weight is 353 g/mol. The van der Waals surface area contributed by atoms with Gasteiger partial charge in [-0.3, -0.25) is 9.59 Å². The van der Waals surface area contributed by atoms with Crippen molar-refractivity contribution in [1.29, 1.82) is 0 Å². The number of hydrogen-bond donors (Lipinski definition) is 0. The number of carbonyl (C=O) groups is 3. The zero-order valence-corrected chi connectivity index (χ0v) is 14.4. The highest BCUT2D eigenvalue weighted by Crippen LogP contribution is 2.42. The molecular formula is C20H19NO5. The number of rotatable bonds is 3. The van der Waals surface area contributed by atoms with E-state index in [4.69, 9.17) is 9.15 Å². The number of imide groups is 1. The summed E-state index contributed by atoms with van der Waals surface area (Å²) in [5.74, 6) is -0.602. The average Bonchev–Trinajstić information content (AvgIpc) is 3.23. The van der Waals surface area contributed by atoms with Crippen LogP contribution in [0, 0.1) is 17.8 Å². The predicted molar refractivity (Wildman–Crippen MR) is 92.6 cm³/mol. The van der Waals surface area contributed by atoms with Gasteiger partial charge in [0.05, 0.1) is 23.8 Å². The number of esters is 1. The number of fused-ring (bicyclic) bond motifs is 1. The van der Waals surface area contributed by atoms with Crippen molar-refractivity contribution >= 4 is 23.5 Å². The van der Waals surface area contributed by atoms with Gasteiger partial charge >= 0.3 is 5.97 Å². The van der Waals surface area contributed by atoms with Gasteiger partial charge in [-0.25, -0.2) is 9.69 Å². The van der Waals surface area contributed by atoms with E-state index >= 15 is 0 Å². The van der Waals surface area contributed by atoms with E-state index in [9.17, 15) is 14.4 Å². The molecule has 26 heavy (non-hydrogen) atoms. The molecule has 1 aliphatic heterocycles. The zero-order chi connectivity index (χ0) is 18.3. The molecule has 1 aromatic carbocycles. The second-order valence-corrected chi connectivity index (χ2v) is 7.01. The van der Waals surface area contributed by atoms with Gasteiger partial charge < -0.3 is 9.15 Å². The molecule has 0 bridgehead atoms. The number of hydrogen-bond acceptors (Lipinski definition) is 5. The van der Waals surface area contributed by atoms with Gasteiger partial charge in [0, 0.05) is 6.07 Å². The first-order valence-corrected chi connectivity index (χ1v) is 8.78. The van der Waals surface area contributed by atoms with Gasteiger partial charge in [0.15, 0.2) is 0 Å². The van der Waals surface area contributed by atoms with Crippen molar-refractivity contribution in [3.05, 3.63) is 48.4 Å². The predicted octanol–water partition coefficient (Wildman–Crippen LogP) is 3.42. The van der Waals surface area contributed by atoms with Crippen LogP contribution in [0.3, 0.4) is 0 Å². The molecule has 2 aliphatic rings. The number of benzene rings is 1. The Morgan fingerprint density at radius 1 is 1.12 bits per heavy atom. The molecule has 0 radical (unpaired) electrons. The number of amides is 2. The van der Waals surface area contributed by atoms with Gasteiger partial charge in [0.25, 0.3) is 0 Å². The van der Waals surface area contributed by atoms with Gasteiger partial charge in [0.2, 0.25) is 17.6 Å². The summed E-state index contributed by atoms with van der Waals surface area (Å²) >= 11 is 0. The van der Waals surface area contributed by atoms with E-state index in [2.05, 4.69) is 6.92 Å². The van der Waals surface area contributed by atoms with Gasteiger partial charge in [-0.1, -0.05) is 13.0 Å². The lowest BCUT2D eigenvalue weighted by atomic mass is 9.76. The van der Waals surface area contributed by atoms with E-state index < -0.39 is 5.97 Å².